The Morgan fingerprint density at radius 1 is 1.30 bits per heavy atom. The van der Waals surface area contributed by atoms with E-state index in [-0.39, 0.29) is 6.10 Å². The number of carboxylic acid groups (broad SMARTS) is 1. The van der Waals surface area contributed by atoms with Gasteiger partial charge in [-0.3, -0.25) is 0 Å². The van der Waals surface area contributed by atoms with Gasteiger partial charge < -0.3 is 9.84 Å². The van der Waals surface area contributed by atoms with Crippen molar-refractivity contribution in [1.82, 2.24) is 0 Å². The quantitative estimate of drug-likeness (QED) is 0.438. The topological polar surface area (TPSA) is 46.5 Å². The molecule has 1 N–H and O–H groups in total. The van der Waals surface area contributed by atoms with E-state index in [1.807, 2.05) is 36.4 Å². The fraction of sp³-hybridized carbons (Fsp3) is 0.350. The van der Waals surface area contributed by atoms with Crippen molar-refractivity contribution < 1.29 is 14.6 Å². The fourth-order valence-corrected chi connectivity index (χ4v) is 2.63. The average molecular weight is 312 g/mol. The number of rotatable bonds is 7. The Kier molecular flexibility index (Phi) is 6.21. The van der Waals surface area contributed by atoms with Crippen molar-refractivity contribution in [3.8, 4) is 5.75 Å². The molecule has 122 valence electrons. The van der Waals surface area contributed by atoms with E-state index in [1.54, 1.807) is 6.92 Å². The van der Waals surface area contributed by atoms with Crippen LogP contribution in [0.3, 0.4) is 0 Å². The number of unbranched alkanes of at least 4 members (excludes halogenated alkanes) is 2. The zero-order valence-electron chi connectivity index (χ0n) is 13.8. The van der Waals surface area contributed by atoms with E-state index in [0.29, 0.717) is 5.57 Å². The lowest BCUT2D eigenvalue weighted by molar-refractivity contribution is -0.131. The molecule has 2 rings (SSSR count). The molecule has 0 aromatic heterocycles. The Morgan fingerprint density at radius 3 is 2.83 bits per heavy atom. The molecule has 3 heteroatoms. The van der Waals surface area contributed by atoms with Crippen LogP contribution in [-0.2, 0) is 4.79 Å². The van der Waals surface area contributed by atoms with Gasteiger partial charge in [-0.2, -0.15) is 0 Å². The maximum absolute atomic E-state index is 10.7. The number of allylic oxidation sites excluding steroid dienone is 2. The van der Waals surface area contributed by atoms with Gasteiger partial charge in [0.05, 0.1) is 0 Å². The van der Waals surface area contributed by atoms with Gasteiger partial charge in [0.1, 0.15) is 11.9 Å². The molecule has 1 aromatic carbocycles. The van der Waals surface area contributed by atoms with E-state index < -0.39 is 5.97 Å². The molecular weight excluding hydrogens is 288 g/mol. The first-order valence-electron chi connectivity index (χ1n) is 8.16. The van der Waals surface area contributed by atoms with Crippen molar-refractivity contribution >= 4 is 12.0 Å². The lowest BCUT2D eigenvalue weighted by atomic mass is 9.96. The second-order valence-electron chi connectivity index (χ2n) is 5.84. The Morgan fingerprint density at radius 2 is 2.09 bits per heavy atom. The largest absolute Gasteiger partial charge is 0.485 e. The minimum atomic E-state index is -0.925. The fourth-order valence-electron chi connectivity index (χ4n) is 2.63. The Balaban J connectivity index is 2.21. The lowest BCUT2D eigenvalue weighted by Gasteiger charge is -2.26. The molecule has 0 fully saturated rings. The van der Waals surface area contributed by atoms with E-state index in [1.165, 1.54) is 18.9 Å². The highest BCUT2D eigenvalue weighted by Crippen LogP contribution is 2.32. The summed E-state index contributed by atoms with van der Waals surface area (Å²) in [5.74, 6) is -0.00480. The molecule has 0 aliphatic carbocycles. The lowest BCUT2D eigenvalue weighted by Crippen LogP contribution is -2.21. The number of benzene rings is 1. The predicted molar refractivity (Wildman–Crippen MR) is 93.5 cm³/mol. The molecule has 0 radical (unpaired) electrons. The average Bonchev–Trinajstić information content (AvgIpc) is 2.52. The van der Waals surface area contributed by atoms with Crippen LogP contribution >= 0.6 is 0 Å². The Bertz CT molecular complexity index is 638. The smallest absolute Gasteiger partial charge is 0.328 e. The van der Waals surface area contributed by atoms with Gasteiger partial charge >= 0.3 is 5.97 Å². The molecule has 3 nitrogen and oxygen atoms in total. The Labute approximate surface area is 138 Å². The highest BCUT2D eigenvalue weighted by molar-refractivity contribution is 5.81. The molecule has 23 heavy (non-hydrogen) atoms. The molecule has 1 heterocycles. The van der Waals surface area contributed by atoms with Crippen LogP contribution in [0, 0.1) is 0 Å². The summed E-state index contributed by atoms with van der Waals surface area (Å²) in [6.07, 6.45) is 11.7. The number of fused-ring (bicyclic) bond motifs is 1. The van der Waals surface area contributed by atoms with Crippen LogP contribution in [0.1, 0.15) is 45.1 Å². The van der Waals surface area contributed by atoms with Gasteiger partial charge in [-0.05, 0) is 43.1 Å². The monoisotopic (exact) mass is 312 g/mol. The maximum atomic E-state index is 10.7. The summed E-state index contributed by atoms with van der Waals surface area (Å²) in [7, 11) is 0. The normalized spacial score (nSPS) is 17.6. The highest BCUT2D eigenvalue weighted by atomic mass is 16.5. The zero-order chi connectivity index (χ0) is 16.7. The molecule has 1 aliphatic heterocycles. The summed E-state index contributed by atoms with van der Waals surface area (Å²) in [6, 6.07) is 8.00. The molecule has 1 unspecified atom stereocenters. The molecule has 0 amide bonds. The van der Waals surface area contributed by atoms with E-state index in [4.69, 9.17) is 9.84 Å². The van der Waals surface area contributed by atoms with Gasteiger partial charge in [-0.15, -0.1) is 0 Å². The third-order valence-corrected chi connectivity index (χ3v) is 3.84. The highest BCUT2D eigenvalue weighted by Gasteiger charge is 2.20. The van der Waals surface area contributed by atoms with Gasteiger partial charge in [0.25, 0.3) is 0 Å². The van der Waals surface area contributed by atoms with Crippen LogP contribution < -0.4 is 4.74 Å². The zero-order valence-corrected chi connectivity index (χ0v) is 13.8. The first-order valence-corrected chi connectivity index (χ1v) is 8.16. The van der Waals surface area contributed by atoms with Gasteiger partial charge in [0.2, 0.25) is 0 Å². The summed E-state index contributed by atoms with van der Waals surface area (Å²) >= 11 is 0. The first kappa shape index (κ1) is 17.1. The van der Waals surface area contributed by atoms with Gasteiger partial charge in [0.15, 0.2) is 0 Å². The van der Waals surface area contributed by atoms with Crippen LogP contribution in [0.2, 0.25) is 0 Å². The minimum absolute atomic E-state index is 0.0327. The number of hydrogen-bond donors (Lipinski definition) is 1. The van der Waals surface area contributed by atoms with Crippen LogP contribution in [0.5, 0.6) is 5.75 Å². The summed E-state index contributed by atoms with van der Waals surface area (Å²) in [6.45, 7) is 3.97. The summed E-state index contributed by atoms with van der Waals surface area (Å²) < 4.78 is 6.15. The summed E-state index contributed by atoms with van der Waals surface area (Å²) in [5.41, 5.74) is 2.88. The van der Waals surface area contributed by atoms with Crippen LogP contribution in [0.25, 0.3) is 6.08 Å². The molecule has 0 saturated heterocycles. The number of carboxylic acids is 1. The van der Waals surface area contributed by atoms with Crippen molar-refractivity contribution in [1.29, 1.82) is 0 Å². The standard InChI is InChI=1S/C20H24O3/c1-3-4-5-9-19-17(12-11-15(2)13-20(21)22)14-16-8-6-7-10-18(16)23-19/h6-8,10-14,19H,3-5,9H2,1-2H3,(H,21,22)/b12-11+,15-13-. The SMILES string of the molecule is CCCCCC1Oc2ccccc2C=C1/C=C/C(C)=C\C(=O)O. The third kappa shape index (κ3) is 5.13. The minimum Gasteiger partial charge on any atom is -0.485 e. The van der Waals surface area contributed by atoms with E-state index in [0.717, 1.165) is 29.7 Å². The van der Waals surface area contributed by atoms with Crippen molar-refractivity contribution in [3.05, 3.63) is 59.2 Å². The van der Waals surface area contributed by atoms with Gasteiger partial charge in [-0.25, -0.2) is 4.79 Å². The Hall–Kier alpha value is -2.29. The molecule has 1 aromatic rings. The van der Waals surface area contributed by atoms with Gasteiger partial charge in [0, 0.05) is 11.6 Å². The van der Waals surface area contributed by atoms with E-state index >= 15 is 0 Å². The molecule has 1 aliphatic rings. The molecular formula is C20H24O3. The molecule has 1 atom stereocenters. The second kappa shape index (κ2) is 8.37. The second-order valence-corrected chi connectivity index (χ2v) is 5.84. The van der Waals surface area contributed by atoms with E-state index in [2.05, 4.69) is 13.0 Å². The van der Waals surface area contributed by atoms with Crippen LogP contribution in [0.15, 0.2) is 53.6 Å². The molecule has 0 spiro atoms. The predicted octanol–water partition coefficient (Wildman–Crippen LogP) is 5.00. The van der Waals surface area contributed by atoms with Crippen molar-refractivity contribution in [2.45, 2.75) is 45.6 Å². The number of hydrogen-bond acceptors (Lipinski definition) is 2. The van der Waals surface area contributed by atoms with Crippen molar-refractivity contribution in [3.63, 3.8) is 0 Å². The molecule has 0 saturated carbocycles. The van der Waals surface area contributed by atoms with Crippen LogP contribution in [0.4, 0.5) is 0 Å². The number of aliphatic carboxylic acids is 1. The van der Waals surface area contributed by atoms with E-state index in [9.17, 15) is 4.79 Å². The maximum Gasteiger partial charge on any atom is 0.328 e. The number of ether oxygens (including phenoxy) is 1. The summed E-state index contributed by atoms with van der Waals surface area (Å²) in [5, 5.41) is 8.80. The number of carbonyl (C=O) groups is 1. The number of para-hydroxylation sites is 1. The third-order valence-electron chi connectivity index (χ3n) is 3.84. The summed E-state index contributed by atoms with van der Waals surface area (Å²) in [4.78, 5) is 10.7. The van der Waals surface area contributed by atoms with Gasteiger partial charge in [-0.1, -0.05) is 50.1 Å². The van der Waals surface area contributed by atoms with Crippen molar-refractivity contribution in [2.24, 2.45) is 0 Å². The first-order chi connectivity index (χ1) is 11.1. The molecule has 0 bridgehead atoms. The van der Waals surface area contributed by atoms with Crippen LogP contribution in [-0.4, -0.2) is 17.2 Å². The van der Waals surface area contributed by atoms with Crippen molar-refractivity contribution in [2.75, 3.05) is 0 Å².